The first-order valence-electron chi connectivity index (χ1n) is 11.2. The van der Waals surface area contributed by atoms with Crippen LogP contribution in [0.2, 0.25) is 0 Å². The van der Waals surface area contributed by atoms with E-state index in [2.05, 4.69) is 4.74 Å². The van der Waals surface area contributed by atoms with Crippen molar-refractivity contribution in [3.63, 3.8) is 0 Å². The van der Waals surface area contributed by atoms with Crippen molar-refractivity contribution >= 4 is 11.8 Å². The van der Waals surface area contributed by atoms with Gasteiger partial charge in [-0.05, 0) is 32.6 Å². The quantitative estimate of drug-likeness (QED) is 0.135. The maximum atomic E-state index is 14.2. The minimum atomic E-state index is -4.95. The number of methoxy groups -OCH3 is 2. The van der Waals surface area contributed by atoms with Crippen molar-refractivity contribution in [3.8, 4) is 0 Å². The lowest BCUT2D eigenvalue weighted by Gasteiger charge is -2.38. The molecule has 0 fully saturated rings. The summed E-state index contributed by atoms with van der Waals surface area (Å²) in [6, 6.07) is 6.93. The van der Waals surface area contributed by atoms with E-state index in [1.54, 1.807) is 13.0 Å². The van der Waals surface area contributed by atoms with Gasteiger partial charge >= 0.3 is 12.1 Å². The van der Waals surface area contributed by atoms with Gasteiger partial charge in [0.1, 0.15) is 5.78 Å². The van der Waals surface area contributed by atoms with Gasteiger partial charge in [-0.3, -0.25) is 9.59 Å². The Balaban J connectivity index is 3.02. The molecule has 0 radical (unpaired) electrons. The summed E-state index contributed by atoms with van der Waals surface area (Å²) in [7, 11) is 2.04. The van der Waals surface area contributed by atoms with Crippen LogP contribution in [0.5, 0.6) is 0 Å². The number of ether oxygens (including phenoxy) is 3. The first-order chi connectivity index (χ1) is 16.0. The van der Waals surface area contributed by atoms with Crippen LogP contribution in [0.3, 0.4) is 0 Å². The minimum absolute atomic E-state index is 0.0360. The van der Waals surface area contributed by atoms with Gasteiger partial charge < -0.3 is 14.2 Å². The Morgan fingerprint density at radius 3 is 2.26 bits per heavy atom. The Morgan fingerprint density at radius 1 is 1.09 bits per heavy atom. The number of hydrogen-bond donors (Lipinski definition) is 0. The van der Waals surface area contributed by atoms with Gasteiger partial charge in [0, 0.05) is 25.5 Å². The van der Waals surface area contributed by atoms with Crippen LogP contribution in [0.4, 0.5) is 13.2 Å². The number of allylic oxidation sites excluding steroid dienone is 4. The zero-order chi connectivity index (χ0) is 25.8. The summed E-state index contributed by atoms with van der Waals surface area (Å²) in [5.41, 5.74) is 0.856. The second-order valence-corrected chi connectivity index (χ2v) is 8.17. The molecule has 0 amide bonds. The molecule has 8 heteroatoms. The van der Waals surface area contributed by atoms with Gasteiger partial charge in [0.25, 0.3) is 5.79 Å². The number of ketones is 1. The number of unbranched alkanes of at least 4 members (excludes halogenated alkanes) is 1. The molecule has 0 saturated heterocycles. The van der Waals surface area contributed by atoms with E-state index in [0.717, 1.165) is 19.8 Å². The highest BCUT2D eigenvalue weighted by atomic mass is 19.4. The van der Waals surface area contributed by atoms with Gasteiger partial charge in [-0.2, -0.15) is 13.2 Å². The van der Waals surface area contributed by atoms with Crippen molar-refractivity contribution in [2.75, 3.05) is 14.2 Å². The van der Waals surface area contributed by atoms with Gasteiger partial charge in [0.2, 0.25) is 0 Å². The van der Waals surface area contributed by atoms with E-state index in [9.17, 15) is 22.8 Å². The van der Waals surface area contributed by atoms with E-state index in [1.165, 1.54) is 24.3 Å². The van der Waals surface area contributed by atoms with Crippen molar-refractivity contribution in [1.29, 1.82) is 0 Å². The highest BCUT2D eigenvalue weighted by Crippen LogP contribution is 2.45. The molecule has 1 rings (SSSR count). The number of carbonyl (C=O) groups excluding carboxylic acids is 2. The number of esters is 1. The molecule has 0 aliphatic carbocycles. The molecule has 0 spiro atoms. The Labute approximate surface area is 200 Å². The number of rotatable bonds is 14. The lowest BCUT2D eigenvalue weighted by Crippen LogP contribution is -2.50. The molecule has 5 nitrogen and oxygen atoms in total. The first-order valence-corrected chi connectivity index (χ1v) is 11.2. The van der Waals surface area contributed by atoms with Crippen molar-refractivity contribution in [2.45, 2.75) is 70.9 Å². The fourth-order valence-corrected chi connectivity index (χ4v) is 3.43. The van der Waals surface area contributed by atoms with E-state index < -0.39 is 36.4 Å². The molecule has 0 aliphatic rings. The Hall–Kier alpha value is -2.45. The number of carbonyl (C=O) groups is 2. The fraction of sp³-hybridized carbons (Fsp3) is 0.538. The van der Waals surface area contributed by atoms with Gasteiger partial charge in [-0.1, -0.05) is 61.1 Å². The lowest BCUT2D eigenvalue weighted by molar-refractivity contribution is -0.398. The van der Waals surface area contributed by atoms with Crippen LogP contribution in [0.1, 0.15) is 58.4 Å². The fourth-order valence-electron chi connectivity index (χ4n) is 3.43. The van der Waals surface area contributed by atoms with Crippen LogP contribution >= 0.6 is 0 Å². The zero-order valence-electron chi connectivity index (χ0n) is 20.5. The molecule has 1 aromatic carbocycles. The summed E-state index contributed by atoms with van der Waals surface area (Å²) >= 11 is 0. The van der Waals surface area contributed by atoms with Crippen LogP contribution in [-0.4, -0.2) is 38.3 Å². The molecular weight excluding hydrogens is 449 g/mol. The van der Waals surface area contributed by atoms with Crippen LogP contribution in [0, 0.1) is 5.92 Å². The van der Waals surface area contributed by atoms with E-state index >= 15 is 0 Å². The molecule has 190 valence electrons. The van der Waals surface area contributed by atoms with E-state index in [1.807, 2.05) is 32.1 Å². The van der Waals surface area contributed by atoms with Gasteiger partial charge in [0.15, 0.2) is 0 Å². The van der Waals surface area contributed by atoms with Crippen molar-refractivity contribution < 1.29 is 37.0 Å². The zero-order valence-corrected chi connectivity index (χ0v) is 20.5. The Bertz CT molecular complexity index is 833. The smallest absolute Gasteiger partial charge is 0.448 e. The van der Waals surface area contributed by atoms with E-state index in [0.29, 0.717) is 12.8 Å². The maximum Gasteiger partial charge on any atom is 0.448 e. The molecular formula is C26H35F3O5. The van der Waals surface area contributed by atoms with Gasteiger partial charge in [-0.25, -0.2) is 0 Å². The molecule has 1 aromatic rings. The number of Topliss-reactive ketones (excluding diaryl/α,β-unsaturated/α-hetero) is 1. The molecule has 0 unspecified atom stereocenters. The summed E-state index contributed by atoms with van der Waals surface area (Å²) < 4.78 is 57.8. The molecule has 34 heavy (non-hydrogen) atoms. The highest BCUT2D eigenvalue weighted by Gasteiger charge is 2.60. The molecule has 0 N–H and O–H groups in total. The predicted molar refractivity (Wildman–Crippen MR) is 124 cm³/mol. The number of benzene rings is 1. The van der Waals surface area contributed by atoms with Crippen LogP contribution in [0.25, 0.3) is 0 Å². The predicted octanol–water partition coefficient (Wildman–Crippen LogP) is 6.28. The average molecular weight is 485 g/mol. The largest absolute Gasteiger partial charge is 0.469 e. The summed E-state index contributed by atoms with van der Waals surface area (Å²) in [4.78, 5) is 24.5. The standard InChI is InChI=1S/C26H35F3O5/c1-6-19(2)13-9-7-12-16-22(30)17-20(3)23(18-24(31)32-4)34-25(33-5,26(27,28)29)21-14-10-8-11-15-21/h6,8-11,13-15,20,23H,7,12,16-18H2,1-5H3/b13-9+,19-6+/t20-,23-,25+/m0/s1. The maximum absolute atomic E-state index is 14.2. The topological polar surface area (TPSA) is 61.8 Å². The first kappa shape index (κ1) is 29.6. The second-order valence-electron chi connectivity index (χ2n) is 8.17. The van der Waals surface area contributed by atoms with E-state index in [4.69, 9.17) is 9.47 Å². The van der Waals surface area contributed by atoms with Crippen molar-refractivity contribution in [1.82, 2.24) is 0 Å². The average Bonchev–Trinajstić information content (AvgIpc) is 2.80. The van der Waals surface area contributed by atoms with Gasteiger partial charge in [-0.15, -0.1) is 0 Å². The molecule has 0 aliphatic heterocycles. The summed E-state index contributed by atoms with van der Waals surface area (Å²) in [5, 5.41) is 0. The normalized spacial score (nSPS) is 16.2. The Kier molecular flexibility index (Phi) is 12.2. The summed E-state index contributed by atoms with van der Waals surface area (Å²) in [5.74, 6) is -4.64. The Morgan fingerprint density at radius 2 is 1.74 bits per heavy atom. The molecule has 0 saturated carbocycles. The van der Waals surface area contributed by atoms with E-state index in [-0.39, 0.29) is 24.2 Å². The van der Waals surface area contributed by atoms with Crippen LogP contribution in [-0.2, 0) is 29.6 Å². The SMILES string of the molecule is C/C=C(C)/C=C/CCCC(=O)C[C@H](C)[C@H](CC(=O)OC)O[C@](OC)(c1ccccc1)C(F)(F)F. The van der Waals surface area contributed by atoms with Gasteiger partial charge in [0.05, 0.1) is 19.6 Å². The number of hydrogen-bond acceptors (Lipinski definition) is 5. The second kappa shape index (κ2) is 14.1. The molecule has 0 heterocycles. The number of alkyl halides is 3. The lowest BCUT2D eigenvalue weighted by atomic mass is 9.93. The molecule has 3 atom stereocenters. The van der Waals surface area contributed by atoms with Crippen LogP contribution < -0.4 is 0 Å². The summed E-state index contributed by atoms with van der Waals surface area (Å²) in [6.07, 6.45) is 0.829. The third-order valence-electron chi connectivity index (χ3n) is 5.57. The number of halogens is 3. The highest BCUT2D eigenvalue weighted by molar-refractivity contribution is 5.78. The van der Waals surface area contributed by atoms with Crippen LogP contribution in [0.15, 0.2) is 54.1 Å². The third-order valence-corrected chi connectivity index (χ3v) is 5.57. The molecule has 0 aromatic heterocycles. The monoisotopic (exact) mass is 484 g/mol. The van der Waals surface area contributed by atoms with Crippen molar-refractivity contribution in [2.24, 2.45) is 5.92 Å². The molecule has 0 bridgehead atoms. The summed E-state index contributed by atoms with van der Waals surface area (Å²) in [6.45, 7) is 5.50. The van der Waals surface area contributed by atoms with Crippen molar-refractivity contribution in [3.05, 3.63) is 59.7 Å². The third kappa shape index (κ3) is 8.72. The minimum Gasteiger partial charge on any atom is -0.469 e.